The fourth-order valence-electron chi connectivity index (χ4n) is 2.55. The zero-order valence-corrected chi connectivity index (χ0v) is 12.6. The van der Waals surface area contributed by atoms with Gasteiger partial charge in [-0.3, -0.25) is 9.59 Å². The third kappa shape index (κ3) is 3.03. The second-order valence-electron chi connectivity index (χ2n) is 5.21. The molecule has 114 valence electrons. The van der Waals surface area contributed by atoms with E-state index in [4.69, 9.17) is 0 Å². The van der Waals surface area contributed by atoms with Gasteiger partial charge in [-0.2, -0.15) is 11.3 Å². The first-order valence-electron chi connectivity index (χ1n) is 7.02. The van der Waals surface area contributed by atoms with E-state index in [0.29, 0.717) is 5.69 Å². The Morgan fingerprint density at radius 1 is 1.41 bits per heavy atom. The topological polar surface area (TPSA) is 78.4 Å². The van der Waals surface area contributed by atoms with Crippen molar-refractivity contribution in [3.8, 4) is 0 Å². The van der Waals surface area contributed by atoms with Gasteiger partial charge in [-0.1, -0.05) is 18.2 Å². The van der Waals surface area contributed by atoms with E-state index in [-0.39, 0.29) is 24.8 Å². The molecule has 1 aliphatic rings. The molecule has 1 aromatic heterocycles. The van der Waals surface area contributed by atoms with E-state index in [9.17, 15) is 14.7 Å². The molecule has 0 radical (unpaired) electrons. The van der Waals surface area contributed by atoms with Crippen molar-refractivity contribution in [2.24, 2.45) is 0 Å². The molecule has 0 saturated heterocycles. The van der Waals surface area contributed by atoms with E-state index < -0.39 is 12.0 Å². The molecule has 0 spiro atoms. The molecule has 0 bridgehead atoms. The molecule has 2 heterocycles. The van der Waals surface area contributed by atoms with Crippen LogP contribution in [0, 0.1) is 0 Å². The van der Waals surface area contributed by atoms with E-state index in [2.05, 4.69) is 10.6 Å². The molecule has 5 nitrogen and oxygen atoms in total. The minimum Gasteiger partial charge on any atom is -0.387 e. The average molecular weight is 316 g/mol. The quantitative estimate of drug-likeness (QED) is 0.807. The Morgan fingerprint density at radius 3 is 3.00 bits per heavy atom. The Kier molecular flexibility index (Phi) is 4.22. The number of fused-ring (bicyclic) bond motifs is 1. The van der Waals surface area contributed by atoms with Crippen molar-refractivity contribution in [1.82, 2.24) is 5.32 Å². The standard InChI is InChI=1S/C16H16N2O3S/c19-14(10-5-6-22-9-10)8-17-16(21)12-7-15(20)18-13-4-2-1-3-11(12)13/h1-6,9,12,14,19H,7-8H2,(H,17,21)(H,18,20). The number of anilines is 1. The van der Waals surface area contributed by atoms with Crippen molar-refractivity contribution in [3.05, 3.63) is 52.2 Å². The maximum atomic E-state index is 12.4. The summed E-state index contributed by atoms with van der Waals surface area (Å²) in [6, 6.07) is 9.11. The maximum Gasteiger partial charge on any atom is 0.228 e. The number of aliphatic hydroxyl groups is 1. The number of rotatable bonds is 4. The molecular formula is C16H16N2O3S. The highest BCUT2D eigenvalue weighted by atomic mass is 32.1. The van der Waals surface area contributed by atoms with Crippen LogP contribution < -0.4 is 10.6 Å². The molecular weight excluding hydrogens is 300 g/mol. The number of benzene rings is 1. The molecule has 3 N–H and O–H groups in total. The van der Waals surface area contributed by atoms with Gasteiger partial charge in [0.05, 0.1) is 12.0 Å². The first-order chi connectivity index (χ1) is 10.6. The van der Waals surface area contributed by atoms with Gasteiger partial charge in [-0.05, 0) is 34.0 Å². The normalized spacial score (nSPS) is 18.2. The summed E-state index contributed by atoms with van der Waals surface area (Å²) in [6.45, 7) is 0.135. The van der Waals surface area contributed by atoms with Gasteiger partial charge in [0.1, 0.15) is 0 Å². The predicted molar refractivity (Wildman–Crippen MR) is 84.7 cm³/mol. The SMILES string of the molecule is O=C1CC(C(=O)NCC(O)c2ccsc2)c2ccccc2N1. The fourth-order valence-corrected chi connectivity index (χ4v) is 3.26. The van der Waals surface area contributed by atoms with Crippen LogP contribution in [-0.4, -0.2) is 23.5 Å². The molecule has 2 aromatic rings. The largest absolute Gasteiger partial charge is 0.387 e. The first-order valence-corrected chi connectivity index (χ1v) is 7.96. The Balaban J connectivity index is 1.69. The van der Waals surface area contributed by atoms with Crippen molar-refractivity contribution in [1.29, 1.82) is 0 Å². The average Bonchev–Trinajstić information content (AvgIpc) is 3.06. The van der Waals surface area contributed by atoms with Gasteiger partial charge in [-0.25, -0.2) is 0 Å². The second kappa shape index (κ2) is 6.29. The second-order valence-corrected chi connectivity index (χ2v) is 5.99. The molecule has 2 unspecified atom stereocenters. The van der Waals surface area contributed by atoms with Gasteiger partial charge >= 0.3 is 0 Å². The summed E-state index contributed by atoms with van der Waals surface area (Å²) in [5, 5.41) is 19.2. The molecule has 0 fully saturated rings. The van der Waals surface area contributed by atoms with E-state index in [1.807, 2.05) is 35.0 Å². The highest BCUT2D eigenvalue weighted by Gasteiger charge is 2.30. The lowest BCUT2D eigenvalue weighted by Gasteiger charge is -2.25. The van der Waals surface area contributed by atoms with Crippen molar-refractivity contribution in [3.63, 3.8) is 0 Å². The summed E-state index contributed by atoms with van der Waals surface area (Å²) < 4.78 is 0. The van der Waals surface area contributed by atoms with Crippen LogP contribution in [0.4, 0.5) is 5.69 Å². The van der Waals surface area contributed by atoms with Gasteiger partial charge in [0, 0.05) is 18.7 Å². The number of nitrogens with one attached hydrogen (secondary N) is 2. The van der Waals surface area contributed by atoms with E-state index in [1.54, 1.807) is 6.07 Å². The number of amides is 2. The molecule has 1 aromatic carbocycles. The molecule has 22 heavy (non-hydrogen) atoms. The Morgan fingerprint density at radius 2 is 2.23 bits per heavy atom. The molecule has 1 aliphatic heterocycles. The molecule has 3 rings (SSSR count). The molecule has 6 heteroatoms. The van der Waals surface area contributed by atoms with Gasteiger partial charge in [0.25, 0.3) is 0 Å². The first kappa shape index (κ1) is 14.7. The van der Waals surface area contributed by atoms with Crippen molar-refractivity contribution >= 4 is 28.8 Å². The minimum atomic E-state index is -0.733. The number of para-hydroxylation sites is 1. The van der Waals surface area contributed by atoms with Crippen LogP contribution in [-0.2, 0) is 9.59 Å². The molecule has 0 aliphatic carbocycles. The smallest absolute Gasteiger partial charge is 0.228 e. The number of hydrogen-bond donors (Lipinski definition) is 3. The highest BCUT2D eigenvalue weighted by molar-refractivity contribution is 7.07. The molecule has 2 amide bonds. The summed E-state index contributed by atoms with van der Waals surface area (Å²) in [5.41, 5.74) is 2.27. The lowest BCUT2D eigenvalue weighted by Crippen LogP contribution is -2.36. The van der Waals surface area contributed by atoms with E-state index in [1.165, 1.54) is 11.3 Å². The number of carbonyl (C=O) groups excluding carboxylic acids is 2. The lowest BCUT2D eigenvalue weighted by atomic mass is 9.90. The Hall–Kier alpha value is -2.18. The van der Waals surface area contributed by atoms with Gasteiger partial charge < -0.3 is 15.7 Å². The Labute approximate surface area is 132 Å². The van der Waals surface area contributed by atoms with Crippen LogP contribution in [0.1, 0.15) is 29.6 Å². The number of hydrogen-bond acceptors (Lipinski definition) is 4. The monoisotopic (exact) mass is 316 g/mol. The highest BCUT2D eigenvalue weighted by Crippen LogP contribution is 2.32. The Bertz CT molecular complexity index is 684. The zero-order chi connectivity index (χ0) is 15.5. The summed E-state index contributed by atoms with van der Waals surface area (Å²) in [7, 11) is 0. The third-order valence-electron chi connectivity index (χ3n) is 3.71. The van der Waals surface area contributed by atoms with Crippen LogP contribution in [0.3, 0.4) is 0 Å². The summed E-state index contributed by atoms with van der Waals surface area (Å²) in [6.07, 6.45) is -0.611. The zero-order valence-electron chi connectivity index (χ0n) is 11.8. The molecule has 0 saturated carbocycles. The molecule has 2 atom stereocenters. The summed E-state index contributed by atoms with van der Waals surface area (Å²) in [4.78, 5) is 24.1. The van der Waals surface area contributed by atoms with Crippen LogP contribution in [0.5, 0.6) is 0 Å². The van der Waals surface area contributed by atoms with Crippen LogP contribution >= 0.6 is 11.3 Å². The minimum absolute atomic E-state index is 0.122. The van der Waals surface area contributed by atoms with E-state index >= 15 is 0 Å². The van der Waals surface area contributed by atoms with Crippen molar-refractivity contribution in [2.75, 3.05) is 11.9 Å². The van der Waals surface area contributed by atoms with Crippen LogP contribution in [0.15, 0.2) is 41.1 Å². The maximum absolute atomic E-state index is 12.4. The summed E-state index contributed by atoms with van der Waals surface area (Å²) >= 11 is 1.50. The van der Waals surface area contributed by atoms with Gasteiger partial charge in [-0.15, -0.1) is 0 Å². The van der Waals surface area contributed by atoms with Crippen molar-refractivity contribution in [2.45, 2.75) is 18.4 Å². The fraction of sp³-hybridized carbons (Fsp3) is 0.250. The van der Waals surface area contributed by atoms with Crippen molar-refractivity contribution < 1.29 is 14.7 Å². The van der Waals surface area contributed by atoms with E-state index in [0.717, 1.165) is 11.1 Å². The predicted octanol–water partition coefficient (Wildman–Crippen LogP) is 2.02. The van der Waals surface area contributed by atoms with Gasteiger partial charge in [0.2, 0.25) is 11.8 Å². The number of thiophene rings is 1. The third-order valence-corrected chi connectivity index (χ3v) is 4.42. The van der Waals surface area contributed by atoms with Gasteiger partial charge in [0.15, 0.2) is 0 Å². The van der Waals surface area contributed by atoms with Crippen LogP contribution in [0.2, 0.25) is 0 Å². The number of aliphatic hydroxyl groups excluding tert-OH is 1. The summed E-state index contributed by atoms with van der Waals surface area (Å²) in [5.74, 6) is -0.923. The number of carbonyl (C=O) groups is 2. The lowest BCUT2D eigenvalue weighted by molar-refractivity contribution is -0.126. The van der Waals surface area contributed by atoms with Crippen LogP contribution in [0.25, 0.3) is 0 Å².